The van der Waals surface area contributed by atoms with Crippen molar-refractivity contribution in [1.29, 1.82) is 0 Å². The van der Waals surface area contributed by atoms with Crippen molar-refractivity contribution in [3.63, 3.8) is 0 Å². The lowest BCUT2D eigenvalue weighted by atomic mass is 9.93. The van der Waals surface area contributed by atoms with Crippen LogP contribution in [-0.4, -0.2) is 36.2 Å². The number of nitrogens with one attached hydrogen (secondary N) is 1. The van der Waals surface area contributed by atoms with E-state index in [4.69, 9.17) is 9.47 Å². The van der Waals surface area contributed by atoms with Gasteiger partial charge in [-0.2, -0.15) is 0 Å². The number of para-hydroxylation sites is 1. The topological polar surface area (TPSA) is 50.8 Å². The monoisotopic (exact) mass is 394 g/mol. The van der Waals surface area contributed by atoms with Crippen molar-refractivity contribution < 1.29 is 14.3 Å². The molecule has 154 valence electrons. The summed E-state index contributed by atoms with van der Waals surface area (Å²) in [6.45, 7) is 7.59. The summed E-state index contributed by atoms with van der Waals surface area (Å²) in [5, 5.41) is 3.62. The highest BCUT2D eigenvalue weighted by molar-refractivity contribution is 6.02. The van der Waals surface area contributed by atoms with Gasteiger partial charge in [0.15, 0.2) is 0 Å². The Morgan fingerprint density at radius 1 is 1.24 bits per heavy atom. The summed E-state index contributed by atoms with van der Waals surface area (Å²) < 4.78 is 11.8. The van der Waals surface area contributed by atoms with E-state index in [0.29, 0.717) is 12.1 Å². The average molecular weight is 395 g/mol. The fourth-order valence-corrected chi connectivity index (χ4v) is 4.12. The molecule has 3 unspecified atom stereocenters. The molecule has 0 aromatic heterocycles. The second-order valence-corrected chi connectivity index (χ2v) is 8.15. The number of fused-ring (bicyclic) bond motifs is 1. The first-order valence-corrected chi connectivity index (χ1v) is 10.6. The van der Waals surface area contributed by atoms with Crippen molar-refractivity contribution in [3.05, 3.63) is 59.7 Å². The molecule has 2 aliphatic rings. The third kappa shape index (κ3) is 3.84. The molecule has 2 heterocycles. The predicted octanol–water partition coefficient (Wildman–Crippen LogP) is 4.78. The van der Waals surface area contributed by atoms with Crippen molar-refractivity contribution in [1.82, 2.24) is 4.90 Å². The number of hydrogen-bond acceptors (Lipinski definition) is 4. The van der Waals surface area contributed by atoms with Crippen LogP contribution in [0.5, 0.6) is 5.75 Å². The molecule has 0 bridgehead atoms. The number of rotatable bonds is 6. The third-order valence-electron chi connectivity index (χ3n) is 6.06. The maximum atomic E-state index is 13.5. The number of carbonyl (C=O) groups excluding carboxylic acids is 1. The predicted molar refractivity (Wildman–Crippen MR) is 114 cm³/mol. The normalized spacial score (nSPS) is 24.7. The molecule has 1 fully saturated rings. The van der Waals surface area contributed by atoms with Crippen molar-refractivity contribution in [2.75, 3.05) is 18.5 Å². The van der Waals surface area contributed by atoms with Crippen LogP contribution >= 0.6 is 0 Å². The Morgan fingerprint density at radius 3 is 2.69 bits per heavy atom. The van der Waals surface area contributed by atoms with E-state index in [9.17, 15) is 4.79 Å². The molecule has 0 spiro atoms. The Bertz CT molecular complexity index is 861. The van der Waals surface area contributed by atoms with E-state index in [-0.39, 0.29) is 18.1 Å². The van der Waals surface area contributed by atoms with Gasteiger partial charge in [-0.25, -0.2) is 0 Å². The molecule has 4 rings (SSSR count). The summed E-state index contributed by atoms with van der Waals surface area (Å²) in [6.07, 6.45) is 3.26. The molecule has 2 aromatic rings. The van der Waals surface area contributed by atoms with E-state index < -0.39 is 5.66 Å². The highest BCUT2D eigenvalue weighted by atomic mass is 16.5. The zero-order valence-electron chi connectivity index (χ0n) is 17.5. The van der Waals surface area contributed by atoms with Gasteiger partial charge in [-0.05, 0) is 62.9 Å². The van der Waals surface area contributed by atoms with Crippen LogP contribution in [0.4, 0.5) is 5.69 Å². The maximum absolute atomic E-state index is 13.5. The van der Waals surface area contributed by atoms with Crippen molar-refractivity contribution in [3.8, 4) is 5.75 Å². The van der Waals surface area contributed by atoms with Crippen molar-refractivity contribution in [2.24, 2.45) is 0 Å². The van der Waals surface area contributed by atoms with Gasteiger partial charge in [-0.15, -0.1) is 0 Å². The summed E-state index contributed by atoms with van der Waals surface area (Å²) in [4.78, 5) is 15.4. The van der Waals surface area contributed by atoms with Crippen LogP contribution in [0.1, 0.15) is 56.0 Å². The fraction of sp³-hybridized carbons (Fsp3) is 0.458. The van der Waals surface area contributed by atoms with E-state index in [1.165, 1.54) is 0 Å². The summed E-state index contributed by atoms with van der Waals surface area (Å²) in [5.41, 5.74) is 1.94. The highest BCUT2D eigenvalue weighted by Gasteiger charge is 2.43. The van der Waals surface area contributed by atoms with Crippen LogP contribution < -0.4 is 10.1 Å². The molecule has 2 aliphatic heterocycles. The van der Waals surface area contributed by atoms with Gasteiger partial charge < -0.3 is 19.7 Å². The van der Waals surface area contributed by atoms with Crippen LogP contribution in [0.25, 0.3) is 0 Å². The smallest absolute Gasteiger partial charge is 0.258 e. The first kappa shape index (κ1) is 19.8. The molecule has 1 N–H and O–H groups in total. The largest absolute Gasteiger partial charge is 0.491 e. The van der Waals surface area contributed by atoms with E-state index in [1.54, 1.807) is 0 Å². The summed E-state index contributed by atoms with van der Waals surface area (Å²) in [7, 11) is 0. The Kier molecular flexibility index (Phi) is 5.50. The number of anilines is 1. The van der Waals surface area contributed by atoms with Crippen molar-refractivity contribution >= 4 is 11.6 Å². The minimum absolute atomic E-state index is 0.0391. The molecule has 0 saturated carbocycles. The van der Waals surface area contributed by atoms with Gasteiger partial charge in [-0.1, -0.05) is 31.2 Å². The van der Waals surface area contributed by atoms with Gasteiger partial charge in [0.25, 0.3) is 5.91 Å². The second-order valence-electron chi connectivity index (χ2n) is 8.15. The molecule has 1 amide bonds. The average Bonchev–Trinajstić information content (AvgIpc) is 3.25. The van der Waals surface area contributed by atoms with Crippen LogP contribution in [-0.2, 0) is 10.4 Å². The number of ether oxygens (including phenoxy) is 2. The lowest BCUT2D eigenvalue weighted by molar-refractivity contribution is 0.0242. The zero-order chi connectivity index (χ0) is 20.4. The fourth-order valence-electron chi connectivity index (χ4n) is 4.12. The van der Waals surface area contributed by atoms with Crippen LogP contribution in [0.2, 0.25) is 0 Å². The quantitative estimate of drug-likeness (QED) is 0.766. The van der Waals surface area contributed by atoms with Gasteiger partial charge in [0.2, 0.25) is 0 Å². The number of nitrogens with zero attached hydrogens (tertiary/aromatic N) is 1. The van der Waals surface area contributed by atoms with Crippen LogP contribution in [0, 0.1) is 0 Å². The molecule has 29 heavy (non-hydrogen) atoms. The molecule has 1 saturated heterocycles. The molecule has 5 nitrogen and oxygen atoms in total. The first-order valence-electron chi connectivity index (χ1n) is 10.6. The first-order chi connectivity index (χ1) is 14.0. The number of hydrogen-bond donors (Lipinski definition) is 1. The molecular formula is C24H30N2O3. The van der Waals surface area contributed by atoms with Crippen LogP contribution in [0.15, 0.2) is 48.5 Å². The van der Waals surface area contributed by atoms with Gasteiger partial charge in [0, 0.05) is 18.8 Å². The Morgan fingerprint density at radius 2 is 2.00 bits per heavy atom. The Balaban J connectivity index is 1.68. The number of carbonyl (C=O) groups is 1. The van der Waals surface area contributed by atoms with Crippen molar-refractivity contribution in [2.45, 2.75) is 57.9 Å². The maximum Gasteiger partial charge on any atom is 0.258 e. The SMILES string of the molecule is CCC(C)Oc1ccc(C2(C)Nc3ccccc3C(=O)N2CC2CCCO2)cc1. The molecule has 5 heteroatoms. The third-order valence-corrected chi connectivity index (χ3v) is 6.06. The zero-order valence-corrected chi connectivity index (χ0v) is 17.5. The minimum Gasteiger partial charge on any atom is -0.491 e. The van der Waals surface area contributed by atoms with Gasteiger partial charge in [0.05, 0.1) is 17.8 Å². The molecule has 0 radical (unpaired) electrons. The van der Waals surface area contributed by atoms with Gasteiger partial charge in [0.1, 0.15) is 11.4 Å². The lowest BCUT2D eigenvalue weighted by Gasteiger charge is -2.47. The molecule has 0 aliphatic carbocycles. The summed E-state index contributed by atoms with van der Waals surface area (Å²) >= 11 is 0. The standard InChI is InChI=1S/C24H30N2O3/c1-4-17(2)29-19-13-11-18(12-14-19)24(3)25-22-10-6-5-9-21(22)23(27)26(24)16-20-8-7-15-28-20/h5-6,9-14,17,20,25H,4,7-8,15-16H2,1-3H3. The minimum atomic E-state index is -0.660. The lowest BCUT2D eigenvalue weighted by Crippen LogP contribution is -2.57. The summed E-state index contributed by atoms with van der Waals surface area (Å²) in [5.74, 6) is 0.886. The summed E-state index contributed by atoms with van der Waals surface area (Å²) in [6, 6.07) is 15.8. The van der Waals surface area contributed by atoms with Gasteiger partial charge in [-0.3, -0.25) is 4.79 Å². The molecule has 2 aromatic carbocycles. The molecular weight excluding hydrogens is 364 g/mol. The number of amides is 1. The Hall–Kier alpha value is -2.53. The number of benzene rings is 2. The Labute approximate surface area is 173 Å². The van der Waals surface area contributed by atoms with Gasteiger partial charge >= 0.3 is 0 Å². The van der Waals surface area contributed by atoms with E-state index in [1.807, 2.05) is 41.3 Å². The van der Waals surface area contributed by atoms with Crippen LogP contribution in [0.3, 0.4) is 0 Å². The molecule has 3 atom stereocenters. The van der Waals surface area contributed by atoms with E-state index in [2.05, 4.69) is 38.2 Å². The highest BCUT2D eigenvalue weighted by Crippen LogP contribution is 2.39. The second kappa shape index (κ2) is 8.07. The van der Waals surface area contributed by atoms with E-state index in [0.717, 1.165) is 42.9 Å². The van der Waals surface area contributed by atoms with E-state index >= 15 is 0 Å².